The number of rotatable bonds is 1. The fourth-order valence-corrected chi connectivity index (χ4v) is 0. The van der Waals surface area contributed by atoms with Crippen LogP contribution in [-0.4, -0.2) is 13.1 Å². The molecule has 0 amide bonds. The van der Waals surface area contributed by atoms with Gasteiger partial charge in [-0.05, 0) is 6.54 Å². The van der Waals surface area contributed by atoms with Crippen LogP contribution in [0.1, 0.15) is 0 Å². The SMILES string of the molecule is [Cl-].[NH-]CCN.[Na+].[Na+]. The van der Waals surface area contributed by atoms with Crippen molar-refractivity contribution < 1.29 is 71.5 Å². The van der Waals surface area contributed by atoms with Crippen molar-refractivity contribution in [3.63, 3.8) is 0 Å². The largest absolute Gasteiger partial charge is 1.00 e. The van der Waals surface area contributed by atoms with Crippen molar-refractivity contribution in [2.24, 2.45) is 5.73 Å². The Morgan fingerprint density at radius 1 is 1.29 bits per heavy atom. The zero-order valence-corrected chi connectivity index (χ0v) is 9.63. The molecule has 0 aromatic rings. The molecular formula is C2H7ClN2Na2. The van der Waals surface area contributed by atoms with Crippen molar-refractivity contribution in [1.82, 2.24) is 0 Å². The molecule has 0 heterocycles. The molecule has 0 aliphatic rings. The molecule has 0 bridgehead atoms. The van der Waals surface area contributed by atoms with E-state index in [1.807, 2.05) is 0 Å². The summed E-state index contributed by atoms with van der Waals surface area (Å²) in [7, 11) is 0. The van der Waals surface area contributed by atoms with Crippen LogP contribution in [0.15, 0.2) is 0 Å². The third-order valence-electron chi connectivity index (χ3n) is 0.144. The van der Waals surface area contributed by atoms with Gasteiger partial charge >= 0.3 is 59.1 Å². The van der Waals surface area contributed by atoms with E-state index in [2.05, 4.69) is 0 Å². The Hall–Kier alpha value is 2.21. The van der Waals surface area contributed by atoms with Crippen molar-refractivity contribution in [1.29, 1.82) is 0 Å². The van der Waals surface area contributed by atoms with Crippen molar-refractivity contribution in [3.8, 4) is 0 Å². The van der Waals surface area contributed by atoms with E-state index in [1.54, 1.807) is 0 Å². The Balaban J connectivity index is -0.0000000150. The summed E-state index contributed by atoms with van der Waals surface area (Å²) in [5.41, 5.74) is 11.2. The Labute approximate surface area is 94.8 Å². The Morgan fingerprint density at radius 3 is 1.43 bits per heavy atom. The van der Waals surface area contributed by atoms with Gasteiger partial charge in [0.05, 0.1) is 0 Å². The van der Waals surface area contributed by atoms with Crippen LogP contribution >= 0.6 is 0 Å². The Morgan fingerprint density at radius 2 is 1.43 bits per heavy atom. The van der Waals surface area contributed by atoms with Gasteiger partial charge in [0.1, 0.15) is 0 Å². The minimum atomic E-state index is 0. The molecule has 7 heavy (non-hydrogen) atoms. The molecule has 0 unspecified atom stereocenters. The van der Waals surface area contributed by atoms with Crippen LogP contribution in [0.2, 0.25) is 0 Å². The monoisotopic (exact) mass is 140 g/mol. The van der Waals surface area contributed by atoms with E-state index in [-0.39, 0.29) is 71.5 Å². The number of hydrogen-bond donors (Lipinski definition) is 1. The topological polar surface area (TPSA) is 49.8 Å². The first-order chi connectivity index (χ1) is 1.91. The van der Waals surface area contributed by atoms with Crippen LogP contribution in [0.25, 0.3) is 5.73 Å². The normalized spacial score (nSPS) is 4.29. The summed E-state index contributed by atoms with van der Waals surface area (Å²) in [6, 6.07) is 0. The maximum atomic E-state index is 6.33. The minimum Gasteiger partial charge on any atom is -1.00 e. The van der Waals surface area contributed by atoms with Crippen molar-refractivity contribution in [2.45, 2.75) is 0 Å². The summed E-state index contributed by atoms with van der Waals surface area (Å²) in [6.45, 7) is 0.833. The molecule has 3 N–H and O–H groups in total. The molecule has 5 heteroatoms. The quantitative estimate of drug-likeness (QED) is 0.362. The van der Waals surface area contributed by atoms with Crippen molar-refractivity contribution in [2.75, 3.05) is 13.1 Å². The average molecular weight is 141 g/mol. The third kappa shape index (κ3) is 30.7. The van der Waals surface area contributed by atoms with Gasteiger partial charge in [0.15, 0.2) is 0 Å². The van der Waals surface area contributed by atoms with E-state index in [1.165, 1.54) is 0 Å². The fraction of sp³-hybridized carbons (Fsp3) is 1.00. The number of nitrogens with one attached hydrogen (secondary N) is 1. The van der Waals surface area contributed by atoms with Gasteiger partial charge in [-0.2, -0.15) is 0 Å². The molecule has 0 atom stereocenters. The van der Waals surface area contributed by atoms with Crippen LogP contribution < -0.4 is 77.3 Å². The third-order valence-corrected chi connectivity index (χ3v) is 0.144. The van der Waals surface area contributed by atoms with Gasteiger partial charge in [0.2, 0.25) is 0 Å². The predicted molar refractivity (Wildman–Crippen MR) is 18.2 cm³/mol. The van der Waals surface area contributed by atoms with Gasteiger partial charge in [-0.1, -0.05) is 0 Å². The zero-order chi connectivity index (χ0) is 3.41. The molecule has 0 saturated carbocycles. The first kappa shape index (κ1) is 22.9. The van der Waals surface area contributed by atoms with Crippen LogP contribution in [-0.2, 0) is 0 Å². The summed E-state index contributed by atoms with van der Waals surface area (Å²) >= 11 is 0. The molecule has 0 aromatic carbocycles. The van der Waals surface area contributed by atoms with E-state index in [0.717, 1.165) is 0 Å². The molecule has 0 aromatic heterocycles. The molecular weight excluding hydrogens is 133 g/mol. The molecule has 34 valence electrons. The first-order valence-corrected chi connectivity index (χ1v) is 1.26. The fourth-order valence-electron chi connectivity index (χ4n) is 0. The maximum Gasteiger partial charge on any atom is 1.00 e. The van der Waals surface area contributed by atoms with Crippen LogP contribution in [0.3, 0.4) is 0 Å². The van der Waals surface area contributed by atoms with Gasteiger partial charge in [0, 0.05) is 0 Å². The molecule has 2 nitrogen and oxygen atoms in total. The van der Waals surface area contributed by atoms with Gasteiger partial charge in [-0.15, -0.1) is 6.54 Å². The first-order valence-electron chi connectivity index (χ1n) is 1.26. The van der Waals surface area contributed by atoms with Gasteiger partial charge < -0.3 is 23.9 Å². The van der Waals surface area contributed by atoms with Gasteiger partial charge in [-0.25, -0.2) is 0 Å². The predicted octanol–water partition coefficient (Wildman–Crippen LogP) is -8.99. The van der Waals surface area contributed by atoms with E-state index in [0.29, 0.717) is 13.1 Å². The van der Waals surface area contributed by atoms with E-state index in [4.69, 9.17) is 11.5 Å². The molecule has 0 aliphatic carbocycles. The number of halogens is 1. The van der Waals surface area contributed by atoms with Gasteiger partial charge in [-0.3, -0.25) is 0 Å². The number of hydrogen-bond acceptors (Lipinski definition) is 1. The molecule has 0 aliphatic heterocycles. The second kappa shape index (κ2) is 24.1. The molecule has 0 radical (unpaired) electrons. The second-order valence-corrected chi connectivity index (χ2v) is 0.539. The Bertz CT molecular complexity index is 15.7. The van der Waals surface area contributed by atoms with E-state index in [9.17, 15) is 0 Å². The smallest absolute Gasteiger partial charge is 1.00 e. The van der Waals surface area contributed by atoms with Gasteiger partial charge in [0.25, 0.3) is 0 Å². The second-order valence-electron chi connectivity index (χ2n) is 0.539. The molecule has 0 fully saturated rings. The Kier molecular flexibility index (Phi) is 78.7. The standard InChI is InChI=1S/C2H7N2.ClH.2Na/c3-1-2-4;;;/h3H,1-2,4H2;1H;;/q-1;;2*+1/p-1. The van der Waals surface area contributed by atoms with E-state index >= 15 is 0 Å². The summed E-state index contributed by atoms with van der Waals surface area (Å²) < 4.78 is 0. The van der Waals surface area contributed by atoms with Crippen molar-refractivity contribution >= 4 is 0 Å². The molecule has 0 rings (SSSR count). The van der Waals surface area contributed by atoms with Crippen LogP contribution in [0.4, 0.5) is 0 Å². The van der Waals surface area contributed by atoms with Crippen LogP contribution in [0, 0.1) is 0 Å². The number of nitrogens with two attached hydrogens (primary N) is 1. The summed E-state index contributed by atoms with van der Waals surface area (Å²) in [5, 5.41) is 0. The van der Waals surface area contributed by atoms with Crippen LogP contribution in [0.5, 0.6) is 0 Å². The molecule has 0 saturated heterocycles. The minimum absolute atomic E-state index is 0. The summed E-state index contributed by atoms with van der Waals surface area (Å²) in [5.74, 6) is 0. The maximum absolute atomic E-state index is 6.33. The van der Waals surface area contributed by atoms with Crippen molar-refractivity contribution in [3.05, 3.63) is 5.73 Å². The zero-order valence-electron chi connectivity index (χ0n) is 4.87. The average Bonchev–Trinajstić information content (AvgIpc) is 1.37. The molecule has 0 spiro atoms. The summed E-state index contributed by atoms with van der Waals surface area (Å²) in [4.78, 5) is 0. The van der Waals surface area contributed by atoms with E-state index < -0.39 is 0 Å². The summed E-state index contributed by atoms with van der Waals surface area (Å²) in [6.07, 6.45) is 0.